The lowest BCUT2D eigenvalue weighted by atomic mass is 10.1. The number of hydrogen-bond donors (Lipinski definition) is 2. The third-order valence-electron chi connectivity index (χ3n) is 4.44. The molecule has 2 fully saturated rings. The number of nitrogens with zero attached hydrogens (tertiary/aromatic N) is 2. The van der Waals surface area contributed by atoms with Gasteiger partial charge in [-0.05, 0) is 37.8 Å². The molecule has 0 bridgehead atoms. The molecular weight excluding hydrogens is 368 g/mol. The van der Waals surface area contributed by atoms with Crippen LogP contribution in [0, 0.1) is 10.1 Å². The van der Waals surface area contributed by atoms with Crippen LogP contribution >= 0.6 is 0 Å². The highest BCUT2D eigenvalue weighted by Crippen LogP contribution is 2.31. The van der Waals surface area contributed by atoms with E-state index in [1.807, 2.05) is 0 Å². The van der Waals surface area contributed by atoms with Gasteiger partial charge in [-0.25, -0.2) is 4.79 Å². The molecule has 2 aliphatic rings. The summed E-state index contributed by atoms with van der Waals surface area (Å²) in [6.07, 6.45) is 3.80. The normalized spacial score (nSPS) is 15.5. The van der Waals surface area contributed by atoms with Crippen molar-refractivity contribution in [2.45, 2.75) is 37.8 Å². The largest absolute Gasteiger partial charge is 0.452 e. The minimum Gasteiger partial charge on any atom is -0.452 e. The summed E-state index contributed by atoms with van der Waals surface area (Å²) in [6.45, 7) is -0.679. The fourth-order valence-electron chi connectivity index (χ4n) is 2.50. The van der Waals surface area contributed by atoms with Crippen LogP contribution in [0.2, 0.25) is 0 Å². The molecule has 0 atom stereocenters. The number of carbonyl (C=O) groups is 3. The third-order valence-corrected chi connectivity index (χ3v) is 4.44. The summed E-state index contributed by atoms with van der Waals surface area (Å²) in [5.41, 5.74) is 0.109. The molecule has 0 radical (unpaired) electrons. The van der Waals surface area contributed by atoms with Crippen LogP contribution in [0.4, 0.5) is 11.4 Å². The Morgan fingerprint density at radius 3 is 2.50 bits per heavy atom. The number of nitro groups is 1. The lowest BCUT2D eigenvalue weighted by molar-refractivity contribution is -0.384. The Hall–Kier alpha value is -3.17. The van der Waals surface area contributed by atoms with E-state index in [0.29, 0.717) is 5.69 Å². The zero-order valence-electron chi connectivity index (χ0n) is 15.5. The van der Waals surface area contributed by atoms with Crippen LogP contribution < -0.4 is 10.6 Å². The topological polar surface area (TPSA) is 131 Å². The SMILES string of the molecule is CN(CC(=O)NC1CC1)C(=O)COC(=O)c1ccc(NC2CC2)c([N+](=O)[O-])c1. The lowest BCUT2D eigenvalue weighted by Gasteiger charge is -2.16. The van der Waals surface area contributed by atoms with Crippen LogP contribution in [0.15, 0.2) is 18.2 Å². The number of anilines is 1. The van der Waals surface area contributed by atoms with Gasteiger partial charge in [0, 0.05) is 25.2 Å². The summed E-state index contributed by atoms with van der Waals surface area (Å²) in [4.78, 5) is 47.7. The second kappa shape index (κ2) is 8.24. The van der Waals surface area contributed by atoms with Crippen LogP contribution in [-0.4, -0.2) is 59.9 Å². The minimum atomic E-state index is -0.842. The highest BCUT2D eigenvalue weighted by Gasteiger charge is 2.27. The number of carbonyl (C=O) groups excluding carboxylic acids is 3. The van der Waals surface area contributed by atoms with Gasteiger partial charge >= 0.3 is 5.97 Å². The van der Waals surface area contributed by atoms with E-state index in [9.17, 15) is 24.5 Å². The van der Waals surface area contributed by atoms with Crippen LogP contribution in [0.3, 0.4) is 0 Å². The Labute approximate surface area is 161 Å². The molecule has 0 unspecified atom stereocenters. The molecular formula is C18H22N4O6. The number of hydrogen-bond acceptors (Lipinski definition) is 7. The molecule has 2 N–H and O–H groups in total. The summed E-state index contributed by atoms with van der Waals surface area (Å²) in [5, 5.41) is 17.1. The number of benzene rings is 1. The Morgan fingerprint density at radius 1 is 1.21 bits per heavy atom. The van der Waals surface area contributed by atoms with E-state index in [1.54, 1.807) is 0 Å². The summed E-state index contributed by atoms with van der Waals surface area (Å²) in [6, 6.07) is 4.42. The molecule has 1 aromatic carbocycles. The maximum atomic E-state index is 12.2. The lowest BCUT2D eigenvalue weighted by Crippen LogP contribution is -2.40. The zero-order chi connectivity index (χ0) is 20.3. The average Bonchev–Trinajstić information content (AvgIpc) is 3.56. The summed E-state index contributed by atoms with van der Waals surface area (Å²) >= 11 is 0. The maximum absolute atomic E-state index is 12.2. The second-order valence-corrected chi connectivity index (χ2v) is 7.08. The fourth-order valence-corrected chi connectivity index (χ4v) is 2.50. The number of nitrogens with one attached hydrogen (secondary N) is 2. The molecule has 10 nitrogen and oxygen atoms in total. The van der Waals surface area contributed by atoms with Gasteiger partial charge in [-0.2, -0.15) is 0 Å². The van der Waals surface area contributed by atoms with Crippen LogP contribution in [0.25, 0.3) is 0 Å². The summed E-state index contributed by atoms with van der Waals surface area (Å²) in [7, 11) is 1.44. The Morgan fingerprint density at radius 2 is 1.89 bits per heavy atom. The van der Waals surface area contributed by atoms with Gasteiger partial charge < -0.3 is 20.3 Å². The number of esters is 1. The van der Waals surface area contributed by atoms with Crippen molar-refractivity contribution in [1.82, 2.24) is 10.2 Å². The molecule has 0 spiro atoms. The first-order valence-electron chi connectivity index (χ1n) is 9.09. The van der Waals surface area contributed by atoms with Gasteiger partial charge in [-0.3, -0.25) is 19.7 Å². The van der Waals surface area contributed by atoms with E-state index in [1.165, 1.54) is 19.2 Å². The molecule has 3 rings (SSSR count). The maximum Gasteiger partial charge on any atom is 0.338 e. The van der Waals surface area contributed by atoms with Crippen molar-refractivity contribution in [3.8, 4) is 0 Å². The van der Waals surface area contributed by atoms with Crippen LogP contribution in [0.1, 0.15) is 36.0 Å². The Bertz CT molecular complexity index is 803. The van der Waals surface area contributed by atoms with Gasteiger partial charge in [0.2, 0.25) is 5.91 Å². The number of rotatable bonds is 9. The fraction of sp³-hybridized carbons (Fsp3) is 0.500. The van der Waals surface area contributed by atoms with Gasteiger partial charge in [0.25, 0.3) is 11.6 Å². The monoisotopic (exact) mass is 390 g/mol. The molecule has 0 aromatic heterocycles. The molecule has 0 aliphatic heterocycles. The summed E-state index contributed by atoms with van der Waals surface area (Å²) in [5.74, 6) is -1.65. The molecule has 1 aromatic rings. The Kier molecular flexibility index (Phi) is 5.76. The quantitative estimate of drug-likeness (QED) is 0.366. The number of likely N-dealkylation sites (N-methyl/N-ethyl adjacent to an activating group) is 1. The standard InChI is InChI=1S/C18H22N4O6/c1-21(9-16(23)20-13-5-6-13)17(24)10-28-18(25)11-2-7-14(19-12-3-4-12)15(8-11)22(26)27/h2,7-8,12-13,19H,3-6,9-10H2,1H3,(H,20,23). The van der Waals surface area contributed by atoms with E-state index in [2.05, 4.69) is 10.6 Å². The number of nitro benzene ring substituents is 1. The molecule has 2 saturated carbocycles. The first-order valence-corrected chi connectivity index (χ1v) is 9.09. The van der Waals surface area contributed by atoms with Crippen molar-refractivity contribution < 1.29 is 24.0 Å². The average molecular weight is 390 g/mol. The number of ether oxygens (including phenoxy) is 1. The number of amides is 2. The third kappa shape index (κ3) is 5.41. The van der Waals surface area contributed by atoms with Crippen molar-refractivity contribution in [3.05, 3.63) is 33.9 Å². The molecule has 2 amide bonds. The minimum absolute atomic E-state index is 0.0185. The van der Waals surface area contributed by atoms with Crippen molar-refractivity contribution in [2.24, 2.45) is 0 Å². The van der Waals surface area contributed by atoms with E-state index < -0.39 is 23.4 Å². The van der Waals surface area contributed by atoms with Crippen molar-refractivity contribution in [2.75, 3.05) is 25.5 Å². The van der Waals surface area contributed by atoms with E-state index in [4.69, 9.17) is 4.74 Å². The van der Waals surface area contributed by atoms with Crippen molar-refractivity contribution in [1.29, 1.82) is 0 Å². The molecule has 28 heavy (non-hydrogen) atoms. The predicted octanol–water partition coefficient (Wildman–Crippen LogP) is 1.06. The van der Waals surface area contributed by atoms with Crippen LogP contribution in [-0.2, 0) is 14.3 Å². The van der Waals surface area contributed by atoms with Gasteiger partial charge in [0.05, 0.1) is 17.0 Å². The molecule has 10 heteroatoms. The van der Waals surface area contributed by atoms with Gasteiger partial charge in [-0.1, -0.05) is 0 Å². The first-order chi connectivity index (χ1) is 13.3. The zero-order valence-corrected chi connectivity index (χ0v) is 15.5. The van der Waals surface area contributed by atoms with Crippen molar-refractivity contribution >= 4 is 29.2 Å². The summed E-state index contributed by atoms with van der Waals surface area (Å²) < 4.78 is 4.95. The van der Waals surface area contributed by atoms with E-state index in [-0.39, 0.29) is 35.8 Å². The molecule has 0 heterocycles. The first kappa shape index (κ1) is 19.6. The second-order valence-electron chi connectivity index (χ2n) is 7.08. The van der Waals surface area contributed by atoms with Crippen LogP contribution in [0.5, 0.6) is 0 Å². The van der Waals surface area contributed by atoms with E-state index >= 15 is 0 Å². The predicted molar refractivity (Wildman–Crippen MR) is 98.8 cm³/mol. The molecule has 0 saturated heterocycles. The van der Waals surface area contributed by atoms with E-state index in [0.717, 1.165) is 36.6 Å². The molecule has 150 valence electrons. The highest BCUT2D eigenvalue weighted by atomic mass is 16.6. The Balaban J connectivity index is 1.53. The molecule has 2 aliphatic carbocycles. The van der Waals surface area contributed by atoms with Gasteiger partial charge in [-0.15, -0.1) is 0 Å². The van der Waals surface area contributed by atoms with Crippen molar-refractivity contribution in [3.63, 3.8) is 0 Å². The van der Waals surface area contributed by atoms with Gasteiger partial charge in [0.1, 0.15) is 5.69 Å². The highest BCUT2D eigenvalue weighted by molar-refractivity contribution is 5.93. The smallest absolute Gasteiger partial charge is 0.338 e. The van der Waals surface area contributed by atoms with Gasteiger partial charge in [0.15, 0.2) is 6.61 Å².